The third-order valence-corrected chi connectivity index (χ3v) is 11.3. The maximum atomic E-state index is 11.5. The second kappa shape index (κ2) is 14.6. The maximum Gasteiger partial charge on any atom is 0.316 e. The molecule has 2 heterocycles. The van der Waals surface area contributed by atoms with Gasteiger partial charge in [0, 0.05) is 10.8 Å². The van der Waals surface area contributed by atoms with Gasteiger partial charge in [0.05, 0.1) is 30.0 Å². The van der Waals surface area contributed by atoms with Gasteiger partial charge in [-0.25, -0.2) is 0 Å². The Hall–Kier alpha value is -3.72. The number of thioether (sulfide) groups is 2. The zero-order chi connectivity index (χ0) is 34.1. The van der Waals surface area contributed by atoms with Crippen molar-refractivity contribution in [3.63, 3.8) is 0 Å². The van der Waals surface area contributed by atoms with E-state index in [2.05, 4.69) is 113 Å². The number of hydrogen-bond donors (Lipinski definition) is 1. The van der Waals surface area contributed by atoms with Crippen LogP contribution in [0.15, 0.2) is 92.6 Å². The number of nitrogens with zero attached hydrogens (tertiary/aromatic N) is 6. The van der Waals surface area contributed by atoms with Crippen molar-refractivity contribution in [2.45, 2.75) is 47.8 Å². The third-order valence-electron chi connectivity index (χ3n) is 8.44. The number of hydrogen-bond acceptors (Lipinski definition) is 9. The van der Waals surface area contributed by atoms with Crippen molar-refractivity contribution >= 4 is 88.9 Å². The van der Waals surface area contributed by atoms with E-state index in [1.165, 1.54) is 66.5 Å². The Morgan fingerprint density at radius 3 is 1.55 bits per heavy atom. The molecule has 2 aromatic heterocycles. The molecule has 10 nitrogen and oxygen atoms in total. The molecule has 0 aliphatic heterocycles. The van der Waals surface area contributed by atoms with Gasteiger partial charge in [0.15, 0.2) is 10.3 Å². The van der Waals surface area contributed by atoms with Crippen molar-refractivity contribution in [1.29, 1.82) is 0 Å². The number of carbonyl (C=O) groups is 2. The van der Waals surface area contributed by atoms with Crippen LogP contribution < -0.4 is 0 Å². The summed E-state index contributed by atoms with van der Waals surface area (Å²) in [4.78, 5) is 22.3. The van der Waals surface area contributed by atoms with Gasteiger partial charge in [0.1, 0.15) is 0 Å². The number of carboxylic acid groups (broad SMARTS) is 1. The fraction of sp³-hybridized carbons (Fsp3) is 0.257. The minimum absolute atomic E-state index is 0.0524. The Bertz CT molecular complexity index is 2200. The second-order valence-electron chi connectivity index (χ2n) is 11.7. The summed E-state index contributed by atoms with van der Waals surface area (Å²) in [7, 11) is 1.38. The van der Waals surface area contributed by atoms with Gasteiger partial charge in [-0.2, -0.15) is 0 Å². The van der Waals surface area contributed by atoms with Crippen LogP contribution in [0.1, 0.15) is 48.6 Å². The first-order valence-corrected chi connectivity index (χ1v) is 19.2. The second-order valence-corrected chi connectivity index (χ2v) is 15.0. The first-order chi connectivity index (χ1) is 23.8. The summed E-state index contributed by atoms with van der Waals surface area (Å²) in [5, 5.41) is 31.4. The van der Waals surface area contributed by atoms with Crippen LogP contribution in [-0.2, 0) is 14.3 Å². The highest BCUT2D eigenvalue weighted by atomic mass is 79.9. The number of esters is 1. The Labute approximate surface area is 307 Å². The SMILES string of the molecule is COC(=O)CSc1nnc(Br)n1-c1cccc2c(C3CC3)cccc12.O=C(O)CSc1nnc(Br)n1-c1cccc2c(C3CC3)cccc12. The number of benzene rings is 4. The molecule has 8 rings (SSSR count). The van der Waals surface area contributed by atoms with Crippen LogP contribution in [0.5, 0.6) is 0 Å². The van der Waals surface area contributed by atoms with E-state index in [0.29, 0.717) is 31.6 Å². The van der Waals surface area contributed by atoms with E-state index in [0.717, 1.165) is 33.9 Å². The highest BCUT2D eigenvalue weighted by Crippen LogP contribution is 2.45. The van der Waals surface area contributed by atoms with E-state index in [1.54, 1.807) is 0 Å². The summed E-state index contributed by atoms with van der Waals surface area (Å²) in [6, 6.07) is 25.3. The highest BCUT2D eigenvalue weighted by molar-refractivity contribution is 9.10. The monoisotopic (exact) mass is 820 g/mol. The molecule has 49 heavy (non-hydrogen) atoms. The number of aromatic nitrogens is 6. The summed E-state index contributed by atoms with van der Waals surface area (Å²) < 4.78 is 9.70. The Morgan fingerprint density at radius 1 is 0.694 bits per heavy atom. The van der Waals surface area contributed by atoms with Gasteiger partial charge < -0.3 is 9.84 Å². The molecule has 0 spiro atoms. The summed E-state index contributed by atoms with van der Waals surface area (Å²) in [6.45, 7) is 0. The molecule has 2 aliphatic rings. The largest absolute Gasteiger partial charge is 0.481 e. The lowest BCUT2D eigenvalue weighted by Crippen LogP contribution is -2.05. The third kappa shape index (κ3) is 7.28. The number of aliphatic carboxylic acids is 1. The number of carbonyl (C=O) groups excluding carboxylic acids is 1. The molecular formula is C35H30Br2N6O4S2. The first-order valence-electron chi connectivity index (χ1n) is 15.6. The summed E-state index contributed by atoms with van der Waals surface area (Å²) >= 11 is 9.39. The number of halogens is 2. The average molecular weight is 823 g/mol. The fourth-order valence-corrected chi connectivity index (χ4v) is 8.48. The maximum absolute atomic E-state index is 11.5. The van der Waals surface area contributed by atoms with Crippen LogP contribution in [0.3, 0.4) is 0 Å². The molecule has 1 N–H and O–H groups in total. The minimum atomic E-state index is -0.875. The van der Waals surface area contributed by atoms with Gasteiger partial charge in [-0.1, -0.05) is 84.2 Å². The predicted octanol–water partition coefficient (Wildman–Crippen LogP) is 8.56. The van der Waals surface area contributed by atoms with Gasteiger partial charge in [-0.15, -0.1) is 20.4 Å². The van der Waals surface area contributed by atoms with Gasteiger partial charge in [0.2, 0.25) is 9.47 Å². The van der Waals surface area contributed by atoms with E-state index < -0.39 is 5.97 Å². The molecule has 2 fully saturated rings. The molecule has 0 radical (unpaired) electrons. The molecule has 0 unspecified atom stereocenters. The van der Waals surface area contributed by atoms with Crippen molar-refractivity contribution in [1.82, 2.24) is 29.5 Å². The Balaban J connectivity index is 0.000000154. The van der Waals surface area contributed by atoms with E-state index in [1.807, 2.05) is 21.3 Å². The van der Waals surface area contributed by atoms with Gasteiger partial charge in [-0.05, 0) is 103 Å². The first kappa shape index (κ1) is 33.8. The zero-order valence-electron chi connectivity index (χ0n) is 26.3. The summed E-state index contributed by atoms with van der Waals surface area (Å²) in [6.07, 6.45) is 5.03. The van der Waals surface area contributed by atoms with E-state index >= 15 is 0 Å². The Kier molecular flexibility index (Phi) is 10.1. The molecule has 2 saturated carbocycles. The van der Waals surface area contributed by atoms with E-state index in [-0.39, 0.29) is 17.5 Å². The standard InChI is InChI=1S/C18H16BrN3O2S.C17H14BrN3O2S/c1-24-16(23)10-25-18-21-20-17(19)22(18)15-7-3-5-13-12(11-8-9-11)4-2-6-14(13)15;18-16-19-20-17(24-9-15(22)23)21(16)14-6-2-4-12-11(10-7-8-10)3-1-5-13(12)14/h2-7,11H,8-10H2,1H3;1-6,10H,7-9H2,(H,22,23). The van der Waals surface area contributed by atoms with Crippen molar-refractivity contribution in [2.24, 2.45) is 0 Å². The molecule has 6 aromatic rings. The van der Waals surface area contributed by atoms with Crippen LogP contribution in [0.2, 0.25) is 0 Å². The lowest BCUT2D eigenvalue weighted by Gasteiger charge is -2.13. The van der Waals surface area contributed by atoms with E-state index in [4.69, 9.17) is 9.84 Å². The average Bonchev–Trinajstić information content (AvgIpc) is 4.06. The Morgan fingerprint density at radius 2 is 1.12 bits per heavy atom. The van der Waals surface area contributed by atoms with Crippen LogP contribution >= 0.6 is 55.4 Å². The normalized spacial score (nSPS) is 14.1. The molecule has 250 valence electrons. The molecule has 0 amide bonds. The lowest BCUT2D eigenvalue weighted by atomic mass is 10.00. The number of ether oxygens (including phenoxy) is 1. The van der Waals surface area contributed by atoms with E-state index in [9.17, 15) is 9.59 Å². The van der Waals surface area contributed by atoms with Gasteiger partial charge in [0.25, 0.3) is 0 Å². The number of carboxylic acids is 1. The summed E-state index contributed by atoms with van der Waals surface area (Å²) in [5.74, 6) is 0.318. The number of methoxy groups -OCH3 is 1. The van der Waals surface area contributed by atoms with Crippen LogP contribution in [0, 0.1) is 0 Å². The predicted molar refractivity (Wildman–Crippen MR) is 198 cm³/mol. The van der Waals surface area contributed by atoms with Crippen molar-refractivity contribution in [3.8, 4) is 11.4 Å². The molecule has 4 aromatic carbocycles. The van der Waals surface area contributed by atoms with Crippen LogP contribution in [0.25, 0.3) is 32.9 Å². The van der Waals surface area contributed by atoms with Crippen LogP contribution in [-0.4, -0.2) is 65.2 Å². The summed E-state index contributed by atoms with van der Waals surface area (Å²) in [5.41, 5.74) is 4.76. The van der Waals surface area contributed by atoms with Crippen molar-refractivity contribution in [2.75, 3.05) is 18.6 Å². The van der Waals surface area contributed by atoms with Crippen molar-refractivity contribution in [3.05, 3.63) is 93.4 Å². The minimum Gasteiger partial charge on any atom is -0.481 e. The highest BCUT2D eigenvalue weighted by Gasteiger charge is 2.27. The topological polar surface area (TPSA) is 125 Å². The fourth-order valence-electron chi connectivity index (χ4n) is 5.93. The molecule has 0 bridgehead atoms. The molecule has 14 heteroatoms. The van der Waals surface area contributed by atoms with Gasteiger partial charge in [-0.3, -0.25) is 18.7 Å². The number of rotatable bonds is 10. The quantitative estimate of drug-likeness (QED) is 0.106. The van der Waals surface area contributed by atoms with Crippen molar-refractivity contribution < 1.29 is 19.4 Å². The zero-order valence-corrected chi connectivity index (χ0v) is 31.1. The van der Waals surface area contributed by atoms with Crippen LogP contribution in [0.4, 0.5) is 0 Å². The smallest absolute Gasteiger partial charge is 0.316 e. The molecule has 0 saturated heterocycles. The lowest BCUT2D eigenvalue weighted by molar-refractivity contribution is -0.137. The molecule has 2 aliphatic carbocycles. The number of fused-ring (bicyclic) bond motifs is 2. The molecular weight excluding hydrogens is 792 g/mol. The van der Waals surface area contributed by atoms with Gasteiger partial charge >= 0.3 is 11.9 Å². The molecule has 0 atom stereocenters.